The third-order valence-electron chi connectivity index (χ3n) is 3.81. The Kier molecular flexibility index (Phi) is 3.33. The number of nitrogens with zero attached hydrogens (tertiary/aromatic N) is 4. The number of aryl methyl sites for hydroxylation is 2. The zero-order valence-electron chi connectivity index (χ0n) is 13.2. The van der Waals surface area contributed by atoms with Gasteiger partial charge in [0.05, 0.1) is 22.7 Å². The van der Waals surface area contributed by atoms with Gasteiger partial charge in [-0.05, 0) is 31.0 Å². The number of rotatable bonds is 2. The molecule has 0 unspecified atom stereocenters. The molecule has 6 nitrogen and oxygen atoms in total. The van der Waals surface area contributed by atoms with Crippen molar-refractivity contribution in [1.82, 2.24) is 19.3 Å². The number of fused-ring (bicyclic) bond motifs is 1. The monoisotopic (exact) mass is 297 g/mol. The van der Waals surface area contributed by atoms with Crippen LogP contribution in [0.1, 0.15) is 24.1 Å². The van der Waals surface area contributed by atoms with E-state index >= 15 is 0 Å². The summed E-state index contributed by atoms with van der Waals surface area (Å²) in [7, 11) is 3.56. The molecule has 0 aliphatic rings. The van der Waals surface area contributed by atoms with Crippen molar-refractivity contribution < 1.29 is 0 Å². The van der Waals surface area contributed by atoms with Crippen molar-refractivity contribution in [2.24, 2.45) is 19.8 Å². The van der Waals surface area contributed by atoms with Gasteiger partial charge >= 0.3 is 0 Å². The summed E-state index contributed by atoms with van der Waals surface area (Å²) in [4.78, 5) is 17.4. The molecule has 1 atom stereocenters. The fraction of sp³-hybridized carbons (Fsp3) is 0.312. The van der Waals surface area contributed by atoms with Crippen LogP contribution < -0.4 is 11.3 Å². The van der Waals surface area contributed by atoms with E-state index < -0.39 is 0 Å². The molecule has 0 aliphatic heterocycles. The van der Waals surface area contributed by atoms with Gasteiger partial charge < -0.3 is 5.73 Å². The Morgan fingerprint density at radius 3 is 2.59 bits per heavy atom. The first-order chi connectivity index (χ1) is 10.4. The maximum Gasteiger partial charge on any atom is 0.261 e. The van der Waals surface area contributed by atoms with Crippen LogP contribution >= 0.6 is 0 Å². The van der Waals surface area contributed by atoms with Crippen molar-refractivity contribution >= 4 is 10.9 Å². The first-order valence-corrected chi connectivity index (χ1v) is 7.14. The lowest BCUT2D eigenvalue weighted by Crippen LogP contribution is -2.21. The largest absolute Gasteiger partial charge is 0.324 e. The number of benzene rings is 1. The summed E-state index contributed by atoms with van der Waals surface area (Å²) in [5.74, 6) is 0.594. The molecule has 3 aromatic rings. The molecule has 114 valence electrons. The van der Waals surface area contributed by atoms with Crippen molar-refractivity contribution in [1.29, 1.82) is 0 Å². The van der Waals surface area contributed by atoms with Crippen LogP contribution in [0.2, 0.25) is 0 Å². The molecular weight excluding hydrogens is 278 g/mol. The van der Waals surface area contributed by atoms with Gasteiger partial charge in [0.1, 0.15) is 5.82 Å². The Morgan fingerprint density at radius 2 is 2.00 bits per heavy atom. The SMILES string of the molecule is Cc1cc([C@@H](C)N)c2nc(-c3cnn(C)c3)n(C)c(=O)c2c1. The van der Waals surface area contributed by atoms with Crippen LogP contribution in [0.3, 0.4) is 0 Å². The molecule has 0 saturated heterocycles. The lowest BCUT2D eigenvalue weighted by molar-refractivity contribution is 0.767. The lowest BCUT2D eigenvalue weighted by atomic mass is 10.0. The van der Waals surface area contributed by atoms with E-state index in [0.717, 1.165) is 16.7 Å². The van der Waals surface area contributed by atoms with Gasteiger partial charge in [0.2, 0.25) is 0 Å². The normalized spacial score (nSPS) is 12.8. The first-order valence-electron chi connectivity index (χ1n) is 7.14. The third kappa shape index (κ3) is 2.21. The van der Waals surface area contributed by atoms with Gasteiger partial charge in [0.25, 0.3) is 5.56 Å². The van der Waals surface area contributed by atoms with Crippen molar-refractivity contribution in [3.05, 3.63) is 46.0 Å². The summed E-state index contributed by atoms with van der Waals surface area (Å²) in [6.07, 6.45) is 3.54. The number of hydrogen-bond acceptors (Lipinski definition) is 4. The summed E-state index contributed by atoms with van der Waals surface area (Å²) >= 11 is 0. The zero-order valence-corrected chi connectivity index (χ0v) is 13.2. The molecule has 22 heavy (non-hydrogen) atoms. The van der Waals surface area contributed by atoms with Gasteiger partial charge in [0, 0.05) is 26.3 Å². The average molecular weight is 297 g/mol. The van der Waals surface area contributed by atoms with Gasteiger partial charge in [-0.2, -0.15) is 5.10 Å². The summed E-state index contributed by atoms with van der Waals surface area (Å²) in [5, 5.41) is 4.75. The van der Waals surface area contributed by atoms with Crippen LogP contribution in [0, 0.1) is 6.92 Å². The van der Waals surface area contributed by atoms with E-state index in [1.165, 1.54) is 0 Å². The van der Waals surface area contributed by atoms with E-state index in [4.69, 9.17) is 10.7 Å². The zero-order chi connectivity index (χ0) is 16.0. The highest BCUT2D eigenvalue weighted by molar-refractivity contribution is 5.84. The smallest absolute Gasteiger partial charge is 0.261 e. The summed E-state index contributed by atoms with van der Waals surface area (Å²) in [5.41, 5.74) is 9.36. The molecule has 0 fully saturated rings. The maximum atomic E-state index is 12.7. The highest BCUT2D eigenvalue weighted by Crippen LogP contribution is 2.24. The van der Waals surface area contributed by atoms with Crippen molar-refractivity contribution in [3.8, 4) is 11.4 Å². The summed E-state index contributed by atoms with van der Waals surface area (Å²) in [6.45, 7) is 3.86. The van der Waals surface area contributed by atoms with Gasteiger partial charge in [-0.1, -0.05) is 6.07 Å². The van der Waals surface area contributed by atoms with E-state index in [1.54, 1.807) is 22.5 Å². The maximum absolute atomic E-state index is 12.7. The van der Waals surface area contributed by atoms with E-state index in [0.29, 0.717) is 16.7 Å². The second-order valence-corrected chi connectivity index (χ2v) is 5.74. The van der Waals surface area contributed by atoms with Crippen LogP contribution in [-0.4, -0.2) is 19.3 Å². The number of hydrogen-bond donors (Lipinski definition) is 1. The highest BCUT2D eigenvalue weighted by Gasteiger charge is 2.16. The van der Waals surface area contributed by atoms with Crippen molar-refractivity contribution in [3.63, 3.8) is 0 Å². The molecule has 0 spiro atoms. The summed E-state index contributed by atoms with van der Waals surface area (Å²) < 4.78 is 3.25. The topological polar surface area (TPSA) is 78.7 Å². The van der Waals surface area contributed by atoms with Gasteiger partial charge in [-0.3, -0.25) is 14.0 Å². The minimum absolute atomic E-state index is 0.0746. The quantitative estimate of drug-likeness (QED) is 0.780. The molecule has 0 aliphatic carbocycles. The van der Waals surface area contributed by atoms with E-state index in [-0.39, 0.29) is 11.6 Å². The predicted octanol–water partition coefficient (Wildman–Crippen LogP) is 1.66. The number of aromatic nitrogens is 4. The van der Waals surface area contributed by atoms with Crippen LogP contribution in [0.4, 0.5) is 0 Å². The fourth-order valence-electron chi connectivity index (χ4n) is 2.69. The van der Waals surface area contributed by atoms with Crippen LogP contribution in [0.15, 0.2) is 29.3 Å². The van der Waals surface area contributed by atoms with Gasteiger partial charge in [-0.15, -0.1) is 0 Å². The highest BCUT2D eigenvalue weighted by atomic mass is 16.1. The van der Waals surface area contributed by atoms with Crippen LogP contribution in [0.25, 0.3) is 22.3 Å². The molecule has 0 bridgehead atoms. The lowest BCUT2D eigenvalue weighted by Gasteiger charge is -2.14. The Morgan fingerprint density at radius 1 is 1.27 bits per heavy atom. The summed E-state index contributed by atoms with van der Waals surface area (Å²) in [6, 6.07) is 3.67. The Bertz CT molecular complexity index is 920. The van der Waals surface area contributed by atoms with Crippen LogP contribution in [0.5, 0.6) is 0 Å². The Balaban J connectivity index is 2.42. The van der Waals surface area contributed by atoms with Gasteiger partial charge in [0.15, 0.2) is 0 Å². The van der Waals surface area contributed by atoms with Crippen LogP contribution in [-0.2, 0) is 14.1 Å². The van der Waals surface area contributed by atoms with E-state index in [9.17, 15) is 4.79 Å². The second kappa shape index (κ2) is 5.06. The standard InChI is InChI=1S/C16H19N5O/c1-9-5-12(10(2)17)14-13(6-9)16(22)21(4)15(19-14)11-7-18-20(3)8-11/h5-8,10H,17H2,1-4H3/t10-/m1/s1. The fourth-order valence-corrected chi connectivity index (χ4v) is 2.69. The Hall–Kier alpha value is -2.47. The number of nitrogens with two attached hydrogens (primary N) is 1. The minimum Gasteiger partial charge on any atom is -0.324 e. The van der Waals surface area contributed by atoms with Gasteiger partial charge in [-0.25, -0.2) is 4.98 Å². The molecule has 2 heterocycles. The molecule has 0 radical (unpaired) electrons. The molecule has 2 N–H and O–H groups in total. The third-order valence-corrected chi connectivity index (χ3v) is 3.81. The van der Waals surface area contributed by atoms with Crippen molar-refractivity contribution in [2.45, 2.75) is 19.9 Å². The molecule has 2 aromatic heterocycles. The van der Waals surface area contributed by atoms with Crippen molar-refractivity contribution in [2.75, 3.05) is 0 Å². The molecule has 3 rings (SSSR count). The molecule has 6 heteroatoms. The average Bonchev–Trinajstić information content (AvgIpc) is 2.88. The van der Waals surface area contributed by atoms with E-state index in [1.807, 2.05) is 39.2 Å². The first kappa shape index (κ1) is 14.5. The minimum atomic E-state index is -0.191. The molecule has 0 amide bonds. The molecular formula is C16H19N5O. The molecule has 0 saturated carbocycles. The Labute approximate surface area is 128 Å². The molecule has 1 aromatic carbocycles. The second-order valence-electron chi connectivity index (χ2n) is 5.74. The van der Waals surface area contributed by atoms with E-state index in [2.05, 4.69) is 5.10 Å². The predicted molar refractivity (Wildman–Crippen MR) is 86.5 cm³/mol.